The van der Waals surface area contributed by atoms with Gasteiger partial charge < -0.3 is 5.32 Å². The van der Waals surface area contributed by atoms with Crippen LogP contribution in [0, 0.1) is 13.8 Å². The van der Waals surface area contributed by atoms with Gasteiger partial charge >= 0.3 is 0 Å². The Hall–Kier alpha value is -2.92. The van der Waals surface area contributed by atoms with E-state index in [4.69, 9.17) is 0 Å². The first-order valence-corrected chi connectivity index (χ1v) is 8.89. The molecule has 124 valence electrons. The van der Waals surface area contributed by atoms with E-state index in [1.807, 2.05) is 72.4 Å². The van der Waals surface area contributed by atoms with E-state index in [0.29, 0.717) is 5.56 Å². The molecule has 4 rings (SSSR count). The van der Waals surface area contributed by atoms with Crippen molar-refractivity contribution in [3.05, 3.63) is 76.9 Å². The van der Waals surface area contributed by atoms with Gasteiger partial charge in [-0.15, -0.1) is 11.3 Å². The average molecular weight is 347 g/mol. The predicted octanol–water partition coefficient (Wildman–Crippen LogP) is 4.93. The molecule has 4 aromatic rings. The molecule has 0 saturated carbocycles. The van der Waals surface area contributed by atoms with E-state index in [1.54, 1.807) is 11.3 Å². The number of hydrogen-bond acceptors (Lipinski definition) is 3. The Kier molecular flexibility index (Phi) is 3.86. The van der Waals surface area contributed by atoms with Crippen molar-refractivity contribution >= 4 is 27.9 Å². The molecule has 0 aliphatic carbocycles. The van der Waals surface area contributed by atoms with Crippen LogP contribution in [0.1, 0.15) is 21.5 Å². The van der Waals surface area contributed by atoms with Gasteiger partial charge in [0.25, 0.3) is 5.91 Å². The summed E-state index contributed by atoms with van der Waals surface area (Å²) < 4.78 is 2.00. The molecule has 0 aliphatic rings. The fraction of sp³-hybridized carbons (Fsp3) is 0.100. The van der Waals surface area contributed by atoms with Crippen molar-refractivity contribution in [2.75, 3.05) is 5.32 Å². The minimum Gasteiger partial charge on any atom is -0.322 e. The number of carbonyl (C=O) groups excluding carboxylic acids is 1. The summed E-state index contributed by atoms with van der Waals surface area (Å²) in [4.78, 5) is 18.1. The number of amides is 1. The summed E-state index contributed by atoms with van der Waals surface area (Å²) in [5, 5.41) is 4.99. The largest absolute Gasteiger partial charge is 0.322 e. The number of aryl methyl sites for hydroxylation is 2. The Bertz CT molecular complexity index is 1030. The van der Waals surface area contributed by atoms with Crippen LogP contribution in [0.2, 0.25) is 0 Å². The number of rotatable bonds is 3. The first kappa shape index (κ1) is 15.6. The van der Waals surface area contributed by atoms with Gasteiger partial charge in [0.2, 0.25) is 0 Å². The summed E-state index contributed by atoms with van der Waals surface area (Å²) in [5.74, 6) is -0.102. The predicted molar refractivity (Wildman–Crippen MR) is 102 cm³/mol. The van der Waals surface area contributed by atoms with Crippen LogP contribution >= 0.6 is 11.3 Å². The monoisotopic (exact) mass is 347 g/mol. The Balaban J connectivity index is 1.61. The minimum absolute atomic E-state index is 0.102. The number of thiazole rings is 1. The Morgan fingerprint density at radius 3 is 2.68 bits per heavy atom. The lowest BCUT2D eigenvalue weighted by Crippen LogP contribution is -2.12. The van der Waals surface area contributed by atoms with Gasteiger partial charge in [-0.3, -0.25) is 9.20 Å². The molecule has 0 unspecified atom stereocenters. The summed E-state index contributed by atoms with van der Waals surface area (Å²) in [6, 6.07) is 13.6. The van der Waals surface area contributed by atoms with E-state index in [2.05, 4.69) is 16.4 Å². The summed E-state index contributed by atoms with van der Waals surface area (Å²) in [6.07, 6.45) is 3.99. The number of nitrogens with one attached hydrogen (secondary N) is 1. The molecule has 1 N–H and O–H groups in total. The van der Waals surface area contributed by atoms with Gasteiger partial charge in [0.15, 0.2) is 4.96 Å². The van der Waals surface area contributed by atoms with Crippen LogP contribution in [-0.2, 0) is 0 Å². The van der Waals surface area contributed by atoms with Crippen LogP contribution < -0.4 is 5.32 Å². The second-order valence-corrected chi connectivity index (χ2v) is 7.00. The summed E-state index contributed by atoms with van der Waals surface area (Å²) in [7, 11) is 0. The SMILES string of the molecule is Cc1cc(C)cc(C(=O)Nc2cccc(-c3cn4ccsc4n3)c2)c1. The number of carbonyl (C=O) groups is 1. The molecule has 0 saturated heterocycles. The van der Waals surface area contributed by atoms with Gasteiger partial charge in [-0.1, -0.05) is 29.3 Å². The molecule has 0 atom stereocenters. The van der Waals surface area contributed by atoms with Crippen LogP contribution in [0.25, 0.3) is 16.2 Å². The third-order valence-corrected chi connectivity index (χ3v) is 4.76. The third-order valence-electron chi connectivity index (χ3n) is 3.99. The van der Waals surface area contributed by atoms with Crippen LogP contribution in [0.3, 0.4) is 0 Å². The van der Waals surface area contributed by atoms with E-state index in [-0.39, 0.29) is 5.91 Å². The highest BCUT2D eigenvalue weighted by Crippen LogP contribution is 2.24. The molecule has 0 fully saturated rings. The van der Waals surface area contributed by atoms with E-state index < -0.39 is 0 Å². The maximum absolute atomic E-state index is 12.5. The zero-order valence-corrected chi connectivity index (χ0v) is 14.8. The number of imidazole rings is 1. The Morgan fingerprint density at radius 1 is 1.12 bits per heavy atom. The maximum atomic E-state index is 12.5. The second kappa shape index (κ2) is 6.18. The standard InChI is InChI=1S/C20H17N3OS/c1-13-8-14(2)10-16(9-13)19(24)21-17-5-3-4-15(11-17)18-12-23-6-7-25-20(23)22-18/h3-12H,1-2H3,(H,21,24). The molecule has 0 bridgehead atoms. The van der Waals surface area contributed by atoms with Crippen LogP contribution in [-0.4, -0.2) is 15.3 Å². The molecule has 2 aromatic heterocycles. The molecule has 2 aromatic carbocycles. The molecule has 0 spiro atoms. The van der Waals surface area contributed by atoms with Crippen molar-refractivity contribution in [2.24, 2.45) is 0 Å². The lowest BCUT2D eigenvalue weighted by Gasteiger charge is -2.08. The average Bonchev–Trinajstić information content (AvgIpc) is 3.16. The van der Waals surface area contributed by atoms with Crippen molar-refractivity contribution in [3.63, 3.8) is 0 Å². The maximum Gasteiger partial charge on any atom is 0.255 e. The molecule has 25 heavy (non-hydrogen) atoms. The highest BCUT2D eigenvalue weighted by Gasteiger charge is 2.10. The highest BCUT2D eigenvalue weighted by atomic mass is 32.1. The lowest BCUT2D eigenvalue weighted by molar-refractivity contribution is 0.102. The number of fused-ring (bicyclic) bond motifs is 1. The fourth-order valence-electron chi connectivity index (χ4n) is 2.93. The van der Waals surface area contributed by atoms with Gasteiger partial charge in [0, 0.05) is 34.6 Å². The quantitative estimate of drug-likeness (QED) is 0.571. The van der Waals surface area contributed by atoms with Crippen molar-refractivity contribution in [2.45, 2.75) is 13.8 Å². The number of nitrogens with zero attached hydrogens (tertiary/aromatic N) is 2. The molecular formula is C20H17N3OS. The smallest absolute Gasteiger partial charge is 0.255 e. The first-order valence-electron chi connectivity index (χ1n) is 8.01. The molecule has 0 aliphatic heterocycles. The molecule has 4 nitrogen and oxygen atoms in total. The molecule has 2 heterocycles. The molecule has 0 radical (unpaired) electrons. The third kappa shape index (κ3) is 3.19. The van der Waals surface area contributed by atoms with Crippen LogP contribution in [0.5, 0.6) is 0 Å². The fourth-order valence-corrected chi connectivity index (χ4v) is 3.63. The second-order valence-electron chi connectivity index (χ2n) is 6.13. The number of benzene rings is 2. The summed E-state index contributed by atoms with van der Waals surface area (Å²) in [6.45, 7) is 3.99. The Labute approximate surface area is 149 Å². The number of aromatic nitrogens is 2. The van der Waals surface area contributed by atoms with Crippen LogP contribution in [0.15, 0.2) is 60.2 Å². The molecule has 5 heteroatoms. The van der Waals surface area contributed by atoms with E-state index in [0.717, 1.165) is 33.0 Å². The molecular weight excluding hydrogens is 330 g/mol. The topological polar surface area (TPSA) is 46.4 Å². The van der Waals surface area contributed by atoms with E-state index >= 15 is 0 Å². The lowest BCUT2D eigenvalue weighted by atomic mass is 10.1. The van der Waals surface area contributed by atoms with Crippen molar-refractivity contribution in [1.82, 2.24) is 9.38 Å². The van der Waals surface area contributed by atoms with Gasteiger partial charge in [-0.2, -0.15) is 0 Å². The van der Waals surface area contributed by atoms with E-state index in [1.165, 1.54) is 0 Å². The van der Waals surface area contributed by atoms with E-state index in [9.17, 15) is 4.79 Å². The van der Waals surface area contributed by atoms with Crippen molar-refractivity contribution in [3.8, 4) is 11.3 Å². The normalized spacial score (nSPS) is 11.0. The zero-order chi connectivity index (χ0) is 17.4. The highest BCUT2D eigenvalue weighted by molar-refractivity contribution is 7.15. The van der Waals surface area contributed by atoms with Gasteiger partial charge in [-0.25, -0.2) is 4.98 Å². The van der Waals surface area contributed by atoms with Crippen LogP contribution in [0.4, 0.5) is 5.69 Å². The zero-order valence-electron chi connectivity index (χ0n) is 14.0. The number of anilines is 1. The number of hydrogen-bond donors (Lipinski definition) is 1. The molecule has 1 amide bonds. The summed E-state index contributed by atoms with van der Waals surface area (Å²) in [5.41, 5.74) is 5.47. The van der Waals surface area contributed by atoms with Gasteiger partial charge in [0.05, 0.1) is 5.69 Å². The summed E-state index contributed by atoms with van der Waals surface area (Å²) >= 11 is 1.60. The van der Waals surface area contributed by atoms with Gasteiger partial charge in [0.1, 0.15) is 0 Å². The van der Waals surface area contributed by atoms with Crippen molar-refractivity contribution < 1.29 is 4.79 Å². The Morgan fingerprint density at radius 2 is 1.92 bits per heavy atom. The first-order chi connectivity index (χ1) is 12.1. The van der Waals surface area contributed by atoms with Crippen molar-refractivity contribution in [1.29, 1.82) is 0 Å². The van der Waals surface area contributed by atoms with Gasteiger partial charge in [-0.05, 0) is 38.1 Å². The minimum atomic E-state index is -0.102.